The molecule has 2 aliphatic rings. The molecule has 0 atom stereocenters. The Labute approximate surface area is 342 Å². The summed E-state index contributed by atoms with van der Waals surface area (Å²) in [7, 11) is 0. The van der Waals surface area contributed by atoms with Gasteiger partial charge in [-0.1, -0.05) is 50.7 Å². The zero-order valence-corrected chi connectivity index (χ0v) is 30.9. The Hall–Kier alpha value is -5.17. The van der Waals surface area contributed by atoms with E-state index >= 15 is 0 Å². The highest BCUT2D eigenvalue weighted by Gasteiger charge is 2.32. The van der Waals surface area contributed by atoms with Crippen molar-refractivity contribution in [2.75, 3.05) is 5.32 Å². The number of fused-ring (bicyclic) bond motifs is 2. The molecule has 2 aromatic carbocycles. The second-order valence-corrected chi connectivity index (χ2v) is 14.0. The van der Waals surface area contributed by atoms with Crippen molar-refractivity contribution in [3.8, 4) is 34.0 Å². The SMILES string of the molecule is C.C.FC(F)(F)Oc1cccc(-c2cnc3ccc(Cl)nn23)c1.NC1CCC(O)CC1.OC1CCC(Nc2ccc3ncc(-c4cccc(OC(F)(F)F)c4)n3n2)CC1. The Balaban J connectivity index is 0.000000219. The molecule has 8 rings (SSSR count). The van der Waals surface area contributed by atoms with Crippen molar-refractivity contribution in [2.45, 2.75) is 103 Å². The van der Waals surface area contributed by atoms with E-state index in [1.165, 1.54) is 47.1 Å². The van der Waals surface area contributed by atoms with Gasteiger partial charge in [-0.2, -0.15) is 5.10 Å². The van der Waals surface area contributed by atoms with Crippen LogP contribution in [0.2, 0.25) is 5.15 Å². The Kier molecular flexibility index (Phi) is 15.9. The quantitative estimate of drug-likeness (QED) is 0.119. The molecule has 0 spiro atoms. The number of hydrogen-bond donors (Lipinski definition) is 4. The van der Waals surface area contributed by atoms with Crippen LogP contribution in [-0.2, 0) is 0 Å². The first-order valence-corrected chi connectivity index (χ1v) is 18.4. The summed E-state index contributed by atoms with van der Waals surface area (Å²) < 4.78 is 85.2. The molecule has 0 unspecified atom stereocenters. The topological polar surface area (TPSA) is 157 Å². The summed E-state index contributed by atoms with van der Waals surface area (Å²) in [5.41, 5.74) is 8.78. The molecule has 0 aliphatic heterocycles. The minimum absolute atomic E-state index is 0. The van der Waals surface area contributed by atoms with Gasteiger partial charge in [0.05, 0.1) is 36.0 Å². The molecule has 320 valence electrons. The highest BCUT2D eigenvalue weighted by Crippen LogP contribution is 2.30. The normalized spacial score (nSPS) is 19.2. The van der Waals surface area contributed by atoms with Gasteiger partial charge in [0.15, 0.2) is 11.3 Å². The van der Waals surface area contributed by atoms with Crippen molar-refractivity contribution >= 4 is 28.7 Å². The second-order valence-electron chi connectivity index (χ2n) is 13.6. The van der Waals surface area contributed by atoms with E-state index in [4.69, 9.17) is 22.4 Å². The number of nitrogens with one attached hydrogen (secondary N) is 1. The maximum Gasteiger partial charge on any atom is 0.573 e. The van der Waals surface area contributed by atoms with E-state index in [1.54, 1.807) is 41.0 Å². The van der Waals surface area contributed by atoms with E-state index in [0.29, 0.717) is 45.7 Å². The summed E-state index contributed by atoms with van der Waals surface area (Å²) in [6.07, 6.45) is 0.315. The van der Waals surface area contributed by atoms with E-state index in [0.717, 1.165) is 51.4 Å². The van der Waals surface area contributed by atoms with E-state index in [2.05, 4.69) is 35.0 Å². The Morgan fingerprint density at radius 2 is 1.10 bits per heavy atom. The summed E-state index contributed by atoms with van der Waals surface area (Å²) in [5.74, 6) is 0.0443. The number of imidazole rings is 2. The monoisotopic (exact) mass is 852 g/mol. The highest BCUT2D eigenvalue weighted by molar-refractivity contribution is 6.29. The molecule has 59 heavy (non-hydrogen) atoms. The van der Waals surface area contributed by atoms with Crippen molar-refractivity contribution in [3.05, 3.63) is 90.3 Å². The number of nitrogens with zero attached hydrogens (tertiary/aromatic N) is 6. The molecule has 2 fully saturated rings. The fraction of sp³-hybridized carbons (Fsp3) is 0.400. The molecule has 0 bridgehead atoms. The number of rotatable bonds is 6. The molecule has 12 nitrogen and oxygen atoms in total. The van der Waals surface area contributed by atoms with E-state index in [9.17, 15) is 31.4 Å². The number of aromatic nitrogens is 6. The van der Waals surface area contributed by atoms with Gasteiger partial charge in [-0.15, -0.1) is 31.4 Å². The number of alkyl halides is 6. The largest absolute Gasteiger partial charge is 0.573 e. The number of benzene rings is 2. The molecule has 0 radical (unpaired) electrons. The molecular weight excluding hydrogens is 806 g/mol. The van der Waals surface area contributed by atoms with Gasteiger partial charge in [-0.3, -0.25) is 0 Å². The fourth-order valence-corrected chi connectivity index (χ4v) is 6.57. The van der Waals surface area contributed by atoms with Crippen LogP contribution in [0.1, 0.15) is 66.2 Å². The van der Waals surface area contributed by atoms with Gasteiger partial charge in [0.1, 0.15) is 22.5 Å². The summed E-state index contributed by atoms with van der Waals surface area (Å²) in [5, 5.41) is 30.8. The first kappa shape index (κ1) is 46.5. The summed E-state index contributed by atoms with van der Waals surface area (Å²) >= 11 is 5.82. The van der Waals surface area contributed by atoms with Crippen molar-refractivity contribution < 1.29 is 46.0 Å². The second kappa shape index (κ2) is 20.2. The maximum atomic E-state index is 12.5. The predicted molar refractivity (Wildman–Crippen MR) is 213 cm³/mol. The Morgan fingerprint density at radius 3 is 1.58 bits per heavy atom. The standard InChI is InChI=1S/C19H19F3N4O2.C13H7ClF3N3O.C6H13NO.2CH4/c20-19(21,22)28-15-3-1-2-12(10-15)16-11-23-18-9-8-17(25-26(16)18)24-13-4-6-14(27)7-5-13;14-11-4-5-12-18-7-10(20(12)19-11)8-2-1-3-9(6-8)21-13(15,16)17;7-5-1-3-6(8)4-2-5;;/h1-3,8-11,13-14,27H,4-7H2,(H,24,25);1-7H;5-6,8H,1-4,7H2;2*1H4. The summed E-state index contributed by atoms with van der Waals surface area (Å²) in [6, 6.07) is 18.7. The van der Waals surface area contributed by atoms with Crippen molar-refractivity contribution in [1.29, 1.82) is 0 Å². The third kappa shape index (κ3) is 13.4. The van der Waals surface area contributed by atoms with Crippen LogP contribution in [0.15, 0.2) is 85.2 Å². The van der Waals surface area contributed by atoms with Crippen LogP contribution in [0.4, 0.5) is 32.2 Å². The zero-order chi connectivity index (χ0) is 40.7. The van der Waals surface area contributed by atoms with Gasteiger partial charge >= 0.3 is 12.7 Å². The molecule has 0 amide bonds. The molecular formula is C40H47ClF6N8O4. The highest BCUT2D eigenvalue weighted by atomic mass is 35.5. The smallest absolute Gasteiger partial charge is 0.406 e. The van der Waals surface area contributed by atoms with Gasteiger partial charge in [0.25, 0.3) is 0 Å². The lowest BCUT2D eigenvalue weighted by atomic mass is 9.93. The van der Waals surface area contributed by atoms with Gasteiger partial charge in [0, 0.05) is 23.2 Å². The van der Waals surface area contributed by atoms with Gasteiger partial charge < -0.3 is 30.7 Å². The van der Waals surface area contributed by atoms with Crippen LogP contribution in [0.25, 0.3) is 33.8 Å². The number of halogens is 7. The molecule has 0 saturated heterocycles. The van der Waals surface area contributed by atoms with Crippen molar-refractivity contribution in [2.24, 2.45) is 5.73 Å². The number of nitrogens with two attached hydrogens (primary N) is 1. The van der Waals surface area contributed by atoms with Crippen LogP contribution in [0.3, 0.4) is 0 Å². The number of aliphatic hydroxyl groups excluding tert-OH is 2. The zero-order valence-electron chi connectivity index (χ0n) is 30.2. The van der Waals surface area contributed by atoms with Crippen LogP contribution in [-0.4, -0.2) is 76.4 Å². The van der Waals surface area contributed by atoms with E-state index in [-0.39, 0.29) is 49.8 Å². The Morgan fingerprint density at radius 1 is 0.644 bits per heavy atom. The molecule has 4 aromatic heterocycles. The van der Waals surface area contributed by atoms with Crippen LogP contribution in [0.5, 0.6) is 11.5 Å². The molecule has 5 N–H and O–H groups in total. The van der Waals surface area contributed by atoms with E-state index < -0.39 is 12.7 Å². The molecule has 19 heteroatoms. The fourth-order valence-electron chi connectivity index (χ4n) is 6.43. The number of ether oxygens (including phenoxy) is 2. The lowest BCUT2D eigenvalue weighted by molar-refractivity contribution is -0.275. The average Bonchev–Trinajstić information content (AvgIpc) is 3.77. The molecule has 2 saturated carbocycles. The Bertz CT molecular complexity index is 2230. The van der Waals surface area contributed by atoms with Gasteiger partial charge in [-0.25, -0.2) is 19.0 Å². The molecule has 6 aromatic rings. The number of anilines is 1. The molecule has 2 aliphatic carbocycles. The summed E-state index contributed by atoms with van der Waals surface area (Å²) in [4.78, 5) is 8.39. The number of hydrogen-bond acceptors (Lipinski definition) is 10. The van der Waals surface area contributed by atoms with Gasteiger partial charge in [-0.05, 0) is 99.9 Å². The van der Waals surface area contributed by atoms with Gasteiger partial charge in [0.2, 0.25) is 0 Å². The lowest BCUT2D eigenvalue weighted by Gasteiger charge is -2.26. The minimum Gasteiger partial charge on any atom is -0.406 e. The minimum atomic E-state index is -4.75. The molecule has 4 heterocycles. The van der Waals surface area contributed by atoms with E-state index in [1.807, 2.05) is 6.07 Å². The third-order valence-corrected chi connectivity index (χ3v) is 9.41. The third-order valence-electron chi connectivity index (χ3n) is 9.21. The summed E-state index contributed by atoms with van der Waals surface area (Å²) in [6.45, 7) is 0. The van der Waals surface area contributed by atoms with Crippen molar-refractivity contribution in [1.82, 2.24) is 29.2 Å². The predicted octanol–water partition coefficient (Wildman–Crippen LogP) is 9.48. The average molecular weight is 853 g/mol. The first-order chi connectivity index (χ1) is 27.1. The first-order valence-electron chi connectivity index (χ1n) is 18.0. The van der Waals surface area contributed by atoms with Crippen molar-refractivity contribution in [3.63, 3.8) is 0 Å². The van der Waals surface area contributed by atoms with Crippen LogP contribution in [0, 0.1) is 0 Å². The maximum absolute atomic E-state index is 12.5. The number of aliphatic hydroxyl groups is 2. The van der Waals surface area contributed by atoms with Crippen LogP contribution >= 0.6 is 11.6 Å². The van der Waals surface area contributed by atoms with Crippen LogP contribution < -0.4 is 20.5 Å². The lowest BCUT2D eigenvalue weighted by Crippen LogP contribution is -2.28.